The Morgan fingerprint density at radius 3 is 2.43 bits per heavy atom. The fraction of sp³-hybridized carbons (Fsp3) is 0.0909. The van der Waals surface area contributed by atoms with Gasteiger partial charge in [-0.2, -0.15) is 0 Å². The highest BCUT2D eigenvalue weighted by Gasteiger charge is 2.03. The summed E-state index contributed by atoms with van der Waals surface area (Å²) in [5, 5.41) is 5.57. The van der Waals surface area contributed by atoms with Gasteiger partial charge in [0.1, 0.15) is 0 Å². The number of fused-ring (bicyclic) bond motifs is 1. The molecule has 2 rings (SSSR count). The molecule has 0 aliphatic rings. The summed E-state index contributed by atoms with van der Waals surface area (Å²) < 4.78 is 0. The largest absolute Gasteiger partial charge is 0.388 e. The van der Waals surface area contributed by atoms with Gasteiger partial charge in [0, 0.05) is 23.0 Å². The Hall–Kier alpha value is -0.860. The van der Waals surface area contributed by atoms with Gasteiger partial charge in [-0.05, 0) is 39.2 Å². The lowest BCUT2D eigenvalue weighted by Crippen LogP contribution is -1.89. The molecule has 72 valence electrons. The normalized spacial score (nSPS) is 10.4. The van der Waals surface area contributed by atoms with E-state index in [0.717, 1.165) is 10.6 Å². The molecule has 1 N–H and O–H groups in total. The summed E-state index contributed by atoms with van der Waals surface area (Å²) in [6.45, 7) is 0. The average Bonchev–Trinajstić information content (AvgIpc) is 2.27. The van der Waals surface area contributed by atoms with Gasteiger partial charge in [-0.25, -0.2) is 0 Å². The summed E-state index contributed by atoms with van der Waals surface area (Å²) in [6.07, 6.45) is 0. The number of benzene rings is 2. The Balaban J connectivity index is 2.78. The van der Waals surface area contributed by atoms with E-state index in [2.05, 4.69) is 17.4 Å². The van der Waals surface area contributed by atoms with E-state index in [1.807, 2.05) is 31.3 Å². The van der Waals surface area contributed by atoms with Gasteiger partial charge in [-0.3, -0.25) is 0 Å². The topological polar surface area (TPSA) is 12.0 Å². The van der Waals surface area contributed by atoms with Crippen molar-refractivity contribution >= 4 is 38.1 Å². The van der Waals surface area contributed by atoms with Crippen molar-refractivity contribution in [2.45, 2.75) is 4.90 Å². The van der Waals surface area contributed by atoms with Crippen LogP contribution in [0, 0.1) is 0 Å². The number of rotatable bonds is 2. The van der Waals surface area contributed by atoms with Crippen molar-refractivity contribution in [2.75, 3.05) is 12.4 Å². The number of anilines is 1. The van der Waals surface area contributed by atoms with Crippen LogP contribution in [0.5, 0.6) is 0 Å². The lowest BCUT2D eigenvalue weighted by molar-refractivity contribution is 1.49. The smallest absolute Gasteiger partial charge is 0.0418 e. The van der Waals surface area contributed by atoms with Gasteiger partial charge in [0.25, 0.3) is 0 Å². The van der Waals surface area contributed by atoms with Crippen LogP contribution in [0.1, 0.15) is 0 Å². The van der Waals surface area contributed by atoms with E-state index in [0.29, 0.717) is 0 Å². The maximum absolute atomic E-state index is 5.80. The molecule has 0 atom stereocenters. The molecule has 0 heterocycles. The maximum atomic E-state index is 5.80. The minimum Gasteiger partial charge on any atom is -0.388 e. The average molecular weight is 224 g/mol. The summed E-state index contributed by atoms with van der Waals surface area (Å²) >= 11 is 0. The van der Waals surface area contributed by atoms with Crippen LogP contribution < -0.4 is 5.32 Å². The van der Waals surface area contributed by atoms with Crippen molar-refractivity contribution in [3.63, 3.8) is 0 Å². The number of hydrogen-bond donors (Lipinski definition) is 1. The predicted molar refractivity (Wildman–Crippen MR) is 65.2 cm³/mol. The standard InChI is InChI=1S/C11H10ClNS/c1-13-10-6-7-11(14-12)9-5-3-2-4-8(9)10/h2-7,13H,1H3. The fourth-order valence-electron chi connectivity index (χ4n) is 1.56. The Kier molecular flexibility index (Phi) is 2.85. The molecular formula is C11H10ClNS. The Morgan fingerprint density at radius 2 is 1.79 bits per heavy atom. The van der Waals surface area contributed by atoms with Gasteiger partial charge in [0.2, 0.25) is 0 Å². The van der Waals surface area contributed by atoms with E-state index in [1.54, 1.807) is 0 Å². The molecule has 0 radical (unpaired) electrons. The van der Waals surface area contributed by atoms with Crippen LogP contribution in [0.15, 0.2) is 41.3 Å². The Labute approximate surface area is 92.0 Å². The first-order valence-electron chi connectivity index (χ1n) is 4.35. The first kappa shape index (κ1) is 9.69. The van der Waals surface area contributed by atoms with Crippen molar-refractivity contribution in [3.8, 4) is 0 Å². The van der Waals surface area contributed by atoms with Crippen LogP contribution in [0.2, 0.25) is 0 Å². The van der Waals surface area contributed by atoms with Crippen LogP contribution in [-0.2, 0) is 0 Å². The van der Waals surface area contributed by atoms with Gasteiger partial charge < -0.3 is 5.32 Å². The van der Waals surface area contributed by atoms with E-state index in [-0.39, 0.29) is 0 Å². The molecule has 0 aliphatic heterocycles. The molecule has 0 aliphatic carbocycles. The highest BCUT2D eigenvalue weighted by Crippen LogP contribution is 2.33. The summed E-state index contributed by atoms with van der Waals surface area (Å²) in [7, 11) is 8.99. The van der Waals surface area contributed by atoms with E-state index in [1.165, 1.54) is 21.7 Å². The SMILES string of the molecule is CNc1ccc(SCl)c2ccccc12. The van der Waals surface area contributed by atoms with Gasteiger partial charge in [-0.1, -0.05) is 24.3 Å². The van der Waals surface area contributed by atoms with Crippen LogP contribution >= 0.6 is 21.7 Å². The van der Waals surface area contributed by atoms with Crippen molar-refractivity contribution in [2.24, 2.45) is 0 Å². The zero-order valence-corrected chi connectivity index (χ0v) is 9.32. The minimum absolute atomic E-state index is 1.10. The molecule has 0 spiro atoms. The van der Waals surface area contributed by atoms with E-state index in [9.17, 15) is 0 Å². The molecule has 0 saturated carbocycles. The van der Waals surface area contributed by atoms with Crippen LogP contribution in [0.4, 0.5) is 5.69 Å². The lowest BCUT2D eigenvalue weighted by atomic mass is 10.1. The van der Waals surface area contributed by atoms with Crippen LogP contribution in [0.3, 0.4) is 0 Å². The molecule has 1 nitrogen and oxygen atoms in total. The number of hydrogen-bond acceptors (Lipinski definition) is 2. The van der Waals surface area contributed by atoms with E-state index >= 15 is 0 Å². The second-order valence-electron chi connectivity index (χ2n) is 2.98. The molecule has 0 amide bonds. The maximum Gasteiger partial charge on any atom is 0.0418 e. The molecule has 0 aromatic heterocycles. The third-order valence-electron chi connectivity index (χ3n) is 2.24. The quantitative estimate of drug-likeness (QED) is 0.822. The molecule has 0 bridgehead atoms. The van der Waals surface area contributed by atoms with Crippen LogP contribution in [0.25, 0.3) is 10.8 Å². The predicted octanol–water partition coefficient (Wildman–Crippen LogP) is 4.13. The van der Waals surface area contributed by atoms with E-state index < -0.39 is 0 Å². The second-order valence-corrected chi connectivity index (χ2v) is 4.04. The first-order valence-corrected chi connectivity index (χ1v) is 5.99. The second kappa shape index (κ2) is 4.11. The van der Waals surface area contributed by atoms with Gasteiger partial charge in [0.05, 0.1) is 0 Å². The zero-order valence-electron chi connectivity index (χ0n) is 7.75. The lowest BCUT2D eigenvalue weighted by Gasteiger charge is -2.08. The minimum atomic E-state index is 1.10. The monoisotopic (exact) mass is 223 g/mol. The molecule has 0 unspecified atom stereocenters. The molecule has 2 aromatic carbocycles. The highest BCUT2D eigenvalue weighted by atomic mass is 35.7. The third-order valence-corrected chi connectivity index (χ3v) is 3.26. The van der Waals surface area contributed by atoms with Crippen molar-refractivity contribution in [1.82, 2.24) is 0 Å². The number of nitrogens with one attached hydrogen (secondary N) is 1. The molecule has 2 aromatic rings. The number of halogens is 1. The van der Waals surface area contributed by atoms with Crippen molar-refractivity contribution in [1.29, 1.82) is 0 Å². The van der Waals surface area contributed by atoms with Gasteiger partial charge in [-0.15, -0.1) is 0 Å². The van der Waals surface area contributed by atoms with E-state index in [4.69, 9.17) is 10.7 Å². The highest BCUT2D eigenvalue weighted by molar-refractivity contribution is 8.21. The summed E-state index contributed by atoms with van der Waals surface area (Å²) in [6, 6.07) is 12.3. The van der Waals surface area contributed by atoms with Gasteiger partial charge >= 0.3 is 0 Å². The van der Waals surface area contributed by atoms with Crippen molar-refractivity contribution in [3.05, 3.63) is 36.4 Å². The van der Waals surface area contributed by atoms with Gasteiger partial charge in [0.15, 0.2) is 0 Å². The van der Waals surface area contributed by atoms with Crippen LogP contribution in [-0.4, -0.2) is 7.05 Å². The fourth-order valence-corrected chi connectivity index (χ4v) is 2.34. The summed E-state index contributed by atoms with van der Waals surface area (Å²) in [4.78, 5) is 1.10. The summed E-state index contributed by atoms with van der Waals surface area (Å²) in [5.74, 6) is 0. The molecular weight excluding hydrogens is 214 g/mol. The molecule has 14 heavy (non-hydrogen) atoms. The molecule has 3 heteroatoms. The zero-order chi connectivity index (χ0) is 9.97. The molecule has 0 saturated heterocycles. The molecule has 0 fully saturated rings. The third kappa shape index (κ3) is 1.56. The van der Waals surface area contributed by atoms with Crippen molar-refractivity contribution < 1.29 is 0 Å². The summed E-state index contributed by atoms with van der Waals surface area (Å²) in [5.41, 5.74) is 1.13. The first-order chi connectivity index (χ1) is 6.86. The Morgan fingerprint density at radius 1 is 1.07 bits per heavy atom. The Bertz CT molecular complexity index is 413.